The molecule has 0 radical (unpaired) electrons. The first kappa shape index (κ1) is 12.8. The van der Waals surface area contributed by atoms with Crippen LogP contribution in [0.3, 0.4) is 0 Å². The van der Waals surface area contributed by atoms with Crippen LogP contribution in [-0.4, -0.2) is 5.78 Å². The highest BCUT2D eigenvalue weighted by molar-refractivity contribution is 9.10. The van der Waals surface area contributed by atoms with E-state index in [0.717, 1.165) is 15.6 Å². The van der Waals surface area contributed by atoms with Crippen LogP contribution in [0.4, 0.5) is 0 Å². The summed E-state index contributed by atoms with van der Waals surface area (Å²) in [6, 6.07) is 7.78. The molecule has 2 nitrogen and oxygen atoms in total. The number of carbonyl (C=O) groups is 1. The van der Waals surface area contributed by atoms with Crippen LogP contribution in [0.1, 0.15) is 27.2 Å². The molecule has 3 heteroatoms. The molecule has 92 valence electrons. The SMILES string of the molecule is Cc1coc(C)c1C(=O)/C=C/c1ccc(Br)cc1. The number of halogens is 1. The summed E-state index contributed by atoms with van der Waals surface area (Å²) >= 11 is 3.37. The monoisotopic (exact) mass is 304 g/mol. The quantitative estimate of drug-likeness (QED) is 0.615. The van der Waals surface area contributed by atoms with Gasteiger partial charge in [-0.25, -0.2) is 0 Å². The lowest BCUT2D eigenvalue weighted by Crippen LogP contribution is -1.96. The maximum absolute atomic E-state index is 12.0. The molecule has 2 rings (SSSR count). The predicted octanol–water partition coefficient (Wildman–Crippen LogP) is 4.56. The number of allylic oxidation sites excluding steroid dienone is 1. The fraction of sp³-hybridized carbons (Fsp3) is 0.133. The Balaban J connectivity index is 2.19. The Morgan fingerprint density at radius 3 is 2.44 bits per heavy atom. The number of ketones is 1. The van der Waals surface area contributed by atoms with Crippen LogP contribution in [0.5, 0.6) is 0 Å². The van der Waals surface area contributed by atoms with Gasteiger partial charge in [0.15, 0.2) is 5.78 Å². The molecule has 0 saturated carbocycles. The van der Waals surface area contributed by atoms with Crippen LogP contribution < -0.4 is 0 Å². The van der Waals surface area contributed by atoms with E-state index in [9.17, 15) is 4.79 Å². The molecule has 0 aliphatic rings. The predicted molar refractivity (Wildman–Crippen MR) is 75.7 cm³/mol. The Hall–Kier alpha value is -1.61. The fourth-order valence-electron chi connectivity index (χ4n) is 1.77. The van der Waals surface area contributed by atoms with Crippen molar-refractivity contribution in [2.45, 2.75) is 13.8 Å². The van der Waals surface area contributed by atoms with Gasteiger partial charge in [-0.15, -0.1) is 0 Å². The smallest absolute Gasteiger partial charge is 0.189 e. The lowest BCUT2D eigenvalue weighted by Gasteiger charge is -1.96. The third-order valence-electron chi connectivity index (χ3n) is 2.70. The van der Waals surface area contributed by atoms with Crippen LogP contribution in [0.15, 0.2) is 45.5 Å². The second-order valence-electron chi connectivity index (χ2n) is 4.10. The summed E-state index contributed by atoms with van der Waals surface area (Å²) in [5.41, 5.74) is 2.52. The number of rotatable bonds is 3. The van der Waals surface area contributed by atoms with E-state index >= 15 is 0 Å². The fourth-order valence-corrected chi connectivity index (χ4v) is 2.03. The maximum Gasteiger partial charge on any atom is 0.189 e. The van der Waals surface area contributed by atoms with Gasteiger partial charge in [0.05, 0.1) is 11.8 Å². The molecule has 0 aliphatic carbocycles. The topological polar surface area (TPSA) is 30.2 Å². The van der Waals surface area contributed by atoms with E-state index in [1.165, 1.54) is 0 Å². The van der Waals surface area contributed by atoms with Crippen LogP contribution >= 0.6 is 15.9 Å². The van der Waals surface area contributed by atoms with E-state index in [-0.39, 0.29) is 5.78 Å². The van der Waals surface area contributed by atoms with Gasteiger partial charge in [0.25, 0.3) is 0 Å². The number of aryl methyl sites for hydroxylation is 2. The van der Waals surface area contributed by atoms with Gasteiger partial charge in [-0.3, -0.25) is 4.79 Å². The van der Waals surface area contributed by atoms with E-state index in [1.807, 2.05) is 31.2 Å². The van der Waals surface area contributed by atoms with Crippen molar-refractivity contribution in [2.75, 3.05) is 0 Å². The Bertz CT molecular complexity index is 572. The second kappa shape index (κ2) is 5.36. The van der Waals surface area contributed by atoms with Crippen LogP contribution in [0.25, 0.3) is 6.08 Å². The lowest BCUT2D eigenvalue weighted by molar-refractivity contribution is 0.104. The standard InChI is InChI=1S/C15H13BrO2/c1-10-9-18-11(2)15(10)14(17)8-5-12-3-6-13(16)7-4-12/h3-9H,1-2H3/b8-5+. The second-order valence-corrected chi connectivity index (χ2v) is 5.01. The maximum atomic E-state index is 12.0. The molecule has 0 saturated heterocycles. The molecule has 0 unspecified atom stereocenters. The molecule has 0 spiro atoms. The number of carbonyl (C=O) groups excluding carboxylic acids is 1. The molecule has 0 fully saturated rings. The van der Waals surface area contributed by atoms with Crippen LogP contribution in [0, 0.1) is 13.8 Å². The largest absolute Gasteiger partial charge is 0.469 e. The first-order chi connectivity index (χ1) is 8.58. The van der Waals surface area contributed by atoms with Gasteiger partial charge >= 0.3 is 0 Å². The minimum absolute atomic E-state index is 0.0262. The van der Waals surface area contributed by atoms with Crippen molar-refractivity contribution in [3.8, 4) is 0 Å². The zero-order valence-electron chi connectivity index (χ0n) is 10.2. The summed E-state index contributed by atoms with van der Waals surface area (Å²) in [5, 5.41) is 0. The molecule has 0 bridgehead atoms. The van der Waals surface area contributed by atoms with Gasteiger partial charge in [-0.05, 0) is 43.2 Å². The summed E-state index contributed by atoms with van der Waals surface area (Å²) in [5.74, 6) is 0.639. The number of hydrogen-bond donors (Lipinski definition) is 0. The van der Waals surface area contributed by atoms with E-state index in [0.29, 0.717) is 11.3 Å². The van der Waals surface area contributed by atoms with Crippen molar-refractivity contribution in [1.82, 2.24) is 0 Å². The van der Waals surface area contributed by atoms with Crippen molar-refractivity contribution >= 4 is 27.8 Å². The Labute approximate surface area is 114 Å². The molecule has 1 aromatic carbocycles. The molecule has 0 amide bonds. The summed E-state index contributed by atoms with van der Waals surface area (Å²) in [6.45, 7) is 3.67. The number of benzene rings is 1. The molecule has 1 aromatic heterocycles. The molecule has 1 heterocycles. The van der Waals surface area contributed by atoms with Crippen molar-refractivity contribution in [3.05, 3.63) is 63.5 Å². The number of furan rings is 1. The summed E-state index contributed by atoms with van der Waals surface area (Å²) in [4.78, 5) is 12.0. The molecule has 0 aliphatic heterocycles. The van der Waals surface area contributed by atoms with Crippen LogP contribution in [0.2, 0.25) is 0 Å². The van der Waals surface area contributed by atoms with Gasteiger partial charge in [-0.1, -0.05) is 34.1 Å². The van der Waals surface area contributed by atoms with Crippen molar-refractivity contribution in [1.29, 1.82) is 0 Å². The van der Waals surface area contributed by atoms with E-state index < -0.39 is 0 Å². The molecular weight excluding hydrogens is 292 g/mol. The average molecular weight is 305 g/mol. The van der Waals surface area contributed by atoms with Crippen molar-refractivity contribution < 1.29 is 9.21 Å². The molecule has 18 heavy (non-hydrogen) atoms. The highest BCUT2D eigenvalue weighted by Crippen LogP contribution is 2.17. The summed E-state index contributed by atoms with van der Waals surface area (Å²) in [7, 11) is 0. The van der Waals surface area contributed by atoms with E-state index in [2.05, 4.69) is 15.9 Å². The van der Waals surface area contributed by atoms with Crippen molar-refractivity contribution in [2.24, 2.45) is 0 Å². The minimum atomic E-state index is -0.0262. The lowest BCUT2D eigenvalue weighted by atomic mass is 10.1. The molecule has 2 aromatic rings. The van der Waals surface area contributed by atoms with Gasteiger partial charge in [0.2, 0.25) is 0 Å². The number of hydrogen-bond acceptors (Lipinski definition) is 2. The molecular formula is C15H13BrO2. The van der Waals surface area contributed by atoms with Gasteiger partial charge < -0.3 is 4.42 Å². The first-order valence-electron chi connectivity index (χ1n) is 5.60. The van der Waals surface area contributed by atoms with E-state index in [1.54, 1.807) is 25.3 Å². The van der Waals surface area contributed by atoms with Crippen LogP contribution in [-0.2, 0) is 0 Å². The zero-order valence-corrected chi connectivity index (χ0v) is 11.8. The average Bonchev–Trinajstić information content (AvgIpc) is 2.68. The first-order valence-corrected chi connectivity index (χ1v) is 6.40. The minimum Gasteiger partial charge on any atom is -0.469 e. The van der Waals surface area contributed by atoms with Crippen molar-refractivity contribution in [3.63, 3.8) is 0 Å². The summed E-state index contributed by atoms with van der Waals surface area (Å²) < 4.78 is 6.24. The highest BCUT2D eigenvalue weighted by Gasteiger charge is 2.12. The van der Waals surface area contributed by atoms with Gasteiger partial charge in [0.1, 0.15) is 5.76 Å². The third kappa shape index (κ3) is 2.79. The Morgan fingerprint density at radius 1 is 1.22 bits per heavy atom. The van der Waals surface area contributed by atoms with Gasteiger partial charge in [-0.2, -0.15) is 0 Å². The highest BCUT2D eigenvalue weighted by atomic mass is 79.9. The summed E-state index contributed by atoms with van der Waals surface area (Å²) in [6.07, 6.45) is 4.99. The molecule has 0 atom stereocenters. The zero-order chi connectivity index (χ0) is 13.1. The van der Waals surface area contributed by atoms with E-state index in [4.69, 9.17) is 4.42 Å². The normalized spacial score (nSPS) is 11.1. The molecule has 0 N–H and O–H groups in total. The van der Waals surface area contributed by atoms with Gasteiger partial charge in [0, 0.05) is 4.47 Å². The Kier molecular flexibility index (Phi) is 3.82. The third-order valence-corrected chi connectivity index (χ3v) is 3.23. The Morgan fingerprint density at radius 2 is 1.89 bits per heavy atom.